The number of unbranched alkanes of at least 4 members (excludes halogenated alkanes) is 4. The number of hydrogen-bond acceptors (Lipinski definition) is 2. The van der Waals surface area contributed by atoms with E-state index in [4.69, 9.17) is 4.74 Å². The molecule has 0 aliphatic heterocycles. The minimum absolute atomic E-state index is 0.268. The van der Waals surface area contributed by atoms with Crippen LogP contribution in [0.5, 0.6) is 5.75 Å². The average Bonchev–Trinajstić information content (AvgIpc) is 2.77. The van der Waals surface area contributed by atoms with Crippen LogP contribution >= 0.6 is 0 Å². The van der Waals surface area contributed by atoms with Gasteiger partial charge in [0.15, 0.2) is 5.75 Å². The molecule has 0 unspecified atom stereocenters. The number of nitrogens with zero attached hydrogens (tertiary/aromatic N) is 1. The predicted molar refractivity (Wildman–Crippen MR) is 82.0 cm³/mol. The predicted octanol–water partition coefficient (Wildman–Crippen LogP) is 4.54. The number of esters is 1. The highest BCUT2D eigenvalue weighted by Gasteiger charge is 2.10. The van der Waals surface area contributed by atoms with Crippen molar-refractivity contribution in [3.63, 3.8) is 0 Å². The highest BCUT2D eigenvalue weighted by molar-refractivity contribution is 5.89. The van der Waals surface area contributed by atoms with Crippen molar-refractivity contribution in [2.75, 3.05) is 0 Å². The lowest BCUT2D eigenvalue weighted by atomic mass is 10.1. The molecule has 0 atom stereocenters. The molecular formula is C17H23NO2. The van der Waals surface area contributed by atoms with Crippen molar-refractivity contribution in [1.82, 2.24) is 4.57 Å². The van der Waals surface area contributed by atoms with Gasteiger partial charge in [0.25, 0.3) is 0 Å². The van der Waals surface area contributed by atoms with Crippen molar-refractivity contribution in [3.8, 4) is 5.75 Å². The summed E-state index contributed by atoms with van der Waals surface area (Å²) in [4.78, 5) is 11.2. The summed E-state index contributed by atoms with van der Waals surface area (Å²) in [6.07, 6.45) is 8.24. The van der Waals surface area contributed by atoms with E-state index in [1.165, 1.54) is 32.6 Å². The zero-order valence-electron chi connectivity index (χ0n) is 12.4. The molecule has 0 aliphatic rings. The van der Waals surface area contributed by atoms with Gasteiger partial charge in [0, 0.05) is 25.1 Å². The Balaban J connectivity index is 2.10. The van der Waals surface area contributed by atoms with Crippen molar-refractivity contribution >= 4 is 16.9 Å². The van der Waals surface area contributed by atoms with Gasteiger partial charge in [-0.05, 0) is 18.6 Å². The summed E-state index contributed by atoms with van der Waals surface area (Å²) in [6, 6.07) is 8.07. The Morgan fingerprint density at radius 1 is 1.15 bits per heavy atom. The van der Waals surface area contributed by atoms with Gasteiger partial charge in [-0.25, -0.2) is 0 Å². The number of rotatable bonds is 7. The van der Waals surface area contributed by atoms with Crippen molar-refractivity contribution in [1.29, 1.82) is 0 Å². The molecule has 1 heterocycles. The summed E-state index contributed by atoms with van der Waals surface area (Å²) < 4.78 is 7.49. The summed E-state index contributed by atoms with van der Waals surface area (Å²) >= 11 is 0. The van der Waals surface area contributed by atoms with Crippen molar-refractivity contribution in [3.05, 3.63) is 30.5 Å². The minimum atomic E-state index is -0.268. The maximum absolute atomic E-state index is 11.2. The Bertz CT molecular complexity index is 571. The summed E-state index contributed by atoms with van der Waals surface area (Å²) in [5.41, 5.74) is 1.14. The van der Waals surface area contributed by atoms with Crippen molar-refractivity contribution in [2.24, 2.45) is 0 Å². The van der Waals surface area contributed by atoms with E-state index in [-0.39, 0.29) is 5.97 Å². The van der Waals surface area contributed by atoms with Crippen LogP contribution in [0.1, 0.15) is 46.0 Å². The third-order valence-electron chi connectivity index (χ3n) is 3.51. The van der Waals surface area contributed by atoms with E-state index in [0.717, 1.165) is 23.9 Å². The first-order chi connectivity index (χ1) is 9.72. The molecule has 0 aliphatic carbocycles. The molecule has 0 saturated carbocycles. The molecule has 2 aromatic rings. The van der Waals surface area contributed by atoms with E-state index in [1.54, 1.807) is 0 Å². The fourth-order valence-electron chi connectivity index (χ4n) is 2.52. The zero-order valence-corrected chi connectivity index (χ0v) is 12.4. The summed E-state index contributed by atoms with van der Waals surface area (Å²) in [5.74, 6) is 0.400. The Kier molecular flexibility index (Phi) is 5.22. The molecule has 0 amide bonds. The van der Waals surface area contributed by atoms with E-state index in [0.29, 0.717) is 5.75 Å². The number of aromatic nitrogens is 1. The number of carbonyl (C=O) groups is 1. The fraction of sp³-hybridized carbons (Fsp3) is 0.471. The normalized spacial score (nSPS) is 10.9. The highest BCUT2D eigenvalue weighted by Crippen LogP contribution is 2.28. The molecule has 0 radical (unpaired) electrons. The largest absolute Gasteiger partial charge is 0.424 e. The number of carbonyl (C=O) groups excluding carboxylic acids is 1. The first-order valence-corrected chi connectivity index (χ1v) is 7.48. The number of aryl methyl sites for hydroxylation is 1. The van der Waals surface area contributed by atoms with Crippen LogP contribution in [0, 0.1) is 0 Å². The quantitative estimate of drug-likeness (QED) is 0.548. The van der Waals surface area contributed by atoms with Crippen LogP contribution in [0.4, 0.5) is 0 Å². The van der Waals surface area contributed by atoms with Gasteiger partial charge in [-0.15, -0.1) is 0 Å². The Morgan fingerprint density at radius 3 is 2.65 bits per heavy atom. The summed E-state index contributed by atoms with van der Waals surface area (Å²) in [7, 11) is 0. The summed E-state index contributed by atoms with van der Waals surface area (Å²) in [5, 5.41) is 1.01. The van der Waals surface area contributed by atoms with E-state index in [9.17, 15) is 4.79 Å². The number of fused-ring (bicyclic) bond motifs is 1. The third kappa shape index (κ3) is 3.62. The first kappa shape index (κ1) is 14.6. The SMILES string of the molecule is CCCCCCCn1cc(OC(C)=O)c2ccccc21. The minimum Gasteiger partial charge on any atom is -0.424 e. The molecule has 3 nitrogen and oxygen atoms in total. The second-order valence-electron chi connectivity index (χ2n) is 5.21. The molecule has 0 N–H and O–H groups in total. The van der Waals surface area contributed by atoms with Gasteiger partial charge in [0.05, 0.1) is 5.52 Å². The molecule has 2 rings (SSSR count). The van der Waals surface area contributed by atoms with Crippen LogP contribution in [0.3, 0.4) is 0 Å². The van der Waals surface area contributed by atoms with Crippen molar-refractivity contribution in [2.45, 2.75) is 52.5 Å². The molecular weight excluding hydrogens is 250 g/mol. The molecule has 0 spiro atoms. The fourth-order valence-corrected chi connectivity index (χ4v) is 2.52. The lowest BCUT2D eigenvalue weighted by Gasteiger charge is -2.04. The maximum Gasteiger partial charge on any atom is 0.308 e. The van der Waals surface area contributed by atoms with Gasteiger partial charge in [0.1, 0.15) is 0 Å². The van der Waals surface area contributed by atoms with Crippen molar-refractivity contribution < 1.29 is 9.53 Å². The topological polar surface area (TPSA) is 31.2 Å². The summed E-state index contributed by atoms with van der Waals surface area (Å²) in [6.45, 7) is 4.65. The van der Waals surface area contributed by atoms with Gasteiger partial charge >= 0.3 is 5.97 Å². The maximum atomic E-state index is 11.2. The second-order valence-corrected chi connectivity index (χ2v) is 5.21. The number of ether oxygens (including phenoxy) is 1. The van der Waals surface area contributed by atoms with E-state index in [1.807, 2.05) is 24.4 Å². The zero-order chi connectivity index (χ0) is 14.4. The lowest BCUT2D eigenvalue weighted by molar-refractivity contribution is -0.131. The van der Waals surface area contributed by atoms with E-state index in [2.05, 4.69) is 17.6 Å². The van der Waals surface area contributed by atoms with Crippen LogP contribution in [-0.2, 0) is 11.3 Å². The van der Waals surface area contributed by atoms with Gasteiger partial charge < -0.3 is 9.30 Å². The Hall–Kier alpha value is -1.77. The van der Waals surface area contributed by atoms with E-state index < -0.39 is 0 Å². The molecule has 0 fully saturated rings. The van der Waals surface area contributed by atoms with Gasteiger partial charge in [-0.1, -0.05) is 44.7 Å². The van der Waals surface area contributed by atoms with Crippen LogP contribution in [-0.4, -0.2) is 10.5 Å². The molecule has 1 aromatic carbocycles. The van der Waals surface area contributed by atoms with Crippen LogP contribution in [0.25, 0.3) is 10.9 Å². The molecule has 20 heavy (non-hydrogen) atoms. The number of benzene rings is 1. The van der Waals surface area contributed by atoms with Crippen LogP contribution < -0.4 is 4.74 Å². The molecule has 0 saturated heterocycles. The monoisotopic (exact) mass is 273 g/mol. The number of para-hydroxylation sites is 1. The van der Waals surface area contributed by atoms with Gasteiger partial charge in [0.2, 0.25) is 0 Å². The van der Waals surface area contributed by atoms with Crippen LogP contribution in [0.15, 0.2) is 30.5 Å². The van der Waals surface area contributed by atoms with Gasteiger partial charge in [-0.3, -0.25) is 4.79 Å². The third-order valence-corrected chi connectivity index (χ3v) is 3.51. The Labute approximate surface area is 120 Å². The van der Waals surface area contributed by atoms with Gasteiger partial charge in [-0.2, -0.15) is 0 Å². The van der Waals surface area contributed by atoms with Crippen LogP contribution in [0.2, 0.25) is 0 Å². The smallest absolute Gasteiger partial charge is 0.308 e. The average molecular weight is 273 g/mol. The Morgan fingerprint density at radius 2 is 1.90 bits per heavy atom. The number of hydrogen-bond donors (Lipinski definition) is 0. The first-order valence-electron chi connectivity index (χ1n) is 7.48. The lowest BCUT2D eigenvalue weighted by Crippen LogP contribution is -2.01. The molecule has 108 valence electrons. The highest BCUT2D eigenvalue weighted by atomic mass is 16.5. The molecule has 1 aromatic heterocycles. The molecule has 3 heteroatoms. The second kappa shape index (κ2) is 7.13. The molecule has 0 bridgehead atoms. The van der Waals surface area contributed by atoms with E-state index >= 15 is 0 Å². The standard InChI is InChI=1S/C17H23NO2/c1-3-4-5-6-9-12-18-13-17(20-14(2)19)15-10-7-8-11-16(15)18/h7-8,10-11,13H,3-6,9,12H2,1-2H3.